The SMILES string of the molecule is CC(=O)N1c2ccccc2C[C@H]1C(=O)NC(CCCC(=O)O)C(=O)NC(C(=O)N1CCc2cc(C)ccc2[C@H]1C(=O)NC(C=O)CC(=O)O)C(C)(C)C. The molecule has 2 aliphatic rings. The molecule has 15 nitrogen and oxygen atoms in total. The molecular formula is C38H47N5O10. The molecule has 0 spiro atoms. The van der Waals surface area contributed by atoms with E-state index in [1.165, 1.54) is 16.7 Å². The Labute approximate surface area is 307 Å². The van der Waals surface area contributed by atoms with Gasteiger partial charge in [-0.3, -0.25) is 38.5 Å². The maximum absolute atomic E-state index is 14.6. The molecule has 0 bridgehead atoms. The predicted octanol–water partition coefficient (Wildman–Crippen LogP) is 1.83. The molecule has 0 aromatic heterocycles. The molecule has 4 rings (SSSR count). The second-order valence-corrected chi connectivity index (χ2v) is 14.6. The number of aldehydes is 1. The number of aryl methyl sites for hydroxylation is 1. The number of nitrogens with one attached hydrogen (secondary N) is 3. The van der Waals surface area contributed by atoms with E-state index >= 15 is 0 Å². The molecule has 5 amide bonds. The summed E-state index contributed by atoms with van der Waals surface area (Å²) in [4.78, 5) is 106. The third-order valence-electron chi connectivity index (χ3n) is 9.48. The van der Waals surface area contributed by atoms with Crippen molar-refractivity contribution < 1.29 is 48.6 Å². The number of nitrogens with zero attached hydrogens (tertiary/aromatic N) is 2. The number of aliphatic carboxylic acids is 2. The first-order chi connectivity index (χ1) is 24.9. The fourth-order valence-electron chi connectivity index (χ4n) is 6.90. The molecule has 2 heterocycles. The molecule has 15 heteroatoms. The van der Waals surface area contributed by atoms with E-state index in [0.717, 1.165) is 16.7 Å². The van der Waals surface area contributed by atoms with E-state index in [9.17, 15) is 48.6 Å². The summed E-state index contributed by atoms with van der Waals surface area (Å²) < 4.78 is 0. The van der Waals surface area contributed by atoms with Crippen LogP contribution in [0.3, 0.4) is 0 Å². The Morgan fingerprint density at radius 3 is 2.25 bits per heavy atom. The number of carboxylic acids is 2. The van der Waals surface area contributed by atoms with Crippen LogP contribution < -0.4 is 20.9 Å². The van der Waals surface area contributed by atoms with Crippen LogP contribution in [0.25, 0.3) is 0 Å². The summed E-state index contributed by atoms with van der Waals surface area (Å²) in [6, 6.07) is 6.27. The van der Waals surface area contributed by atoms with Crippen molar-refractivity contribution in [3.63, 3.8) is 0 Å². The Morgan fingerprint density at radius 2 is 1.62 bits per heavy atom. The summed E-state index contributed by atoms with van der Waals surface area (Å²) in [6.07, 6.45) is -0.145. The summed E-state index contributed by atoms with van der Waals surface area (Å²) in [7, 11) is 0. The van der Waals surface area contributed by atoms with Crippen LogP contribution in [-0.2, 0) is 51.2 Å². The number of hydrogen-bond donors (Lipinski definition) is 5. The molecule has 5 atom stereocenters. The molecule has 0 saturated heterocycles. The number of carboxylic acid groups (broad SMARTS) is 2. The quantitative estimate of drug-likeness (QED) is 0.177. The minimum absolute atomic E-state index is 0.0158. The third kappa shape index (κ3) is 9.64. The van der Waals surface area contributed by atoms with Gasteiger partial charge in [0.1, 0.15) is 30.5 Å². The van der Waals surface area contributed by atoms with Crippen LogP contribution in [0.1, 0.15) is 81.7 Å². The van der Waals surface area contributed by atoms with Gasteiger partial charge in [-0.15, -0.1) is 0 Å². The smallest absolute Gasteiger partial charge is 0.305 e. The van der Waals surface area contributed by atoms with E-state index in [0.29, 0.717) is 24.0 Å². The van der Waals surface area contributed by atoms with Gasteiger partial charge < -0.3 is 35.9 Å². The van der Waals surface area contributed by atoms with E-state index in [-0.39, 0.29) is 38.1 Å². The maximum Gasteiger partial charge on any atom is 0.305 e. The average Bonchev–Trinajstić information content (AvgIpc) is 3.48. The lowest BCUT2D eigenvalue weighted by molar-refractivity contribution is -0.147. The second-order valence-electron chi connectivity index (χ2n) is 14.6. The molecule has 0 radical (unpaired) electrons. The number of anilines is 1. The molecule has 53 heavy (non-hydrogen) atoms. The molecule has 3 unspecified atom stereocenters. The van der Waals surface area contributed by atoms with Crippen LogP contribution in [0, 0.1) is 12.3 Å². The largest absolute Gasteiger partial charge is 0.481 e. The Morgan fingerprint density at radius 1 is 0.925 bits per heavy atom. The summed E-state index contributed by atoms with van der Waals surface area (Å²) in [5, 5.41) is 26.5. The third-order valence-corrected chi connectivity index (χ3v) is 9.48. The zero-order valence-corrected chi connectivity index (χ0v) is 30.5. The molecule has 284 valence electrons. The highest BCUT2D eigenvalue weighted by Gasteiger charge is 2.44. The van der Waals surface area contributed by atoms with Crippen LogP contribution in [0.15, 0.2) is 42.5 Å². The molecule has 0 fully saturated rings. The standard InChI is InChI=1S/C38H47N5O10/c1-21-13-14-26-23(17-21)15-16-42(32(26)36(52)39-25(20-44)19-31(48)49)37(53)33(38(3,4)5)41-34(50)27(10-8-12-30(46)47)40-35(51)29-18-24-9-6-7-11-28(24)43(29)22(2)45/h6-7,9,11,13-14,17,20,25,27,29,32-33H,8,10,12,15-16,18-19H2,1-5H3,(H,39,52)(H,40,51)(H,41,50)(H,46,47)(H,48,49)/t25?,27?,29-,32-,33?/m0/s1. The minimum atomic E-state index is -1.35. The first-order valence-electron chi connectivity index (χ1n) is 17.5. The molecule has 2 aromatic rings. The lowest BCUT2D eigenvalue weighted by Crippen LogP contribution is -2.61. The maximum atomic E-state index is 14.6. The van der Waals surface area contributed by atoms with Crippen molar-refractivity contribution in [1.29, 1.82) is 0 Å². The van der Waals surface area contributed by atoms with Gasteiger partial charge in [0.15, 0.2) is 0 Å². The van der Waals surface area contributed by atoms with Crippen molar-refractivity contribution in [2.75, 3.05) is 11.4 Å². The molecule has 0 saturated carbocycles. The van der Waals surface area contributed by atoms with Crippen molar-refractivity contribution in [3.05, 3.63) is 64.7 Å². The number of para-hydroxylation sites is 1. The first-order valence-corrected chi connectivity index (χ1v) is 17.5. The van der Waals surface area contributed by atoms with Gasteiger partial charge >= 0.3 is 11.9 Å². The lowest BCUT2D eigenvalue weighted by atomic mass is 9.83. The fourth-order valence-corrected chi connectivity index (χ4v) is 6.90. The monoisotopic (exact) mass is 733 g/mol. The van der Waals surface area contributed by atoms with Crippen molar-refractivity contribution in [2.24, 2.45) is 5.41 Å². The number of rotatable bonds is 14. The molecule has 2 aromatic carbocycles. The second kappa shape index (κ2) is 16.8. The number of hydrogen-bond acceptors (Lipinski definition) is 8. The van der Waals surface area contributed by atoms with Crippen molar-refractivity contribution in [1.82, 2.24) is 20.9 Å². The van der Waals surface area contributed by atoms with E-state index in [1.54, 1.807) is 57.2 Å². The van der Waals surface area contributed by atoms with E-state index in [2.05, 4.69) is 16.0 Å². The number of carbonyl (C=O) groups excluding carboxylic acids is 6. The van der Waals surface area contributed by atoms with Crippen LogP contribution >= 0.6 is 0 Å². The highest BCUT2D eigenvalue weighted by Crippen LogP contribution is 2.34. The number of benzene rings is 2. The van der Waals surface area contributed by atoms with Gasteiger partial charge in [-0.05, 0) is 54.4 Å². The summed E-state index contributed by atoms with van der Waals surface area (Å²) >= 11 is 0. The summed E-state index contributed by atoms with van der Waals surface area (Å²) in [6.45, 7) is 8.39. The van der Waals surface area contributed by atoms with E-state index < -0.39 is 77.6 Å². The average molecular weight is 734 g/mol. The summed E-state index contributed by atoms with van der Waals surface area (Å²) in [5.41, 5.74) is 2.59. The molecule has 5 N–H and O–H groups in total. The van der Waals surface area contributed by atoms with Crippen molar-refractivity contribution in [3.8, 4) is 0 Å². The van der Waals surface area contributed by atoms with Crippen molar-refractivity contribution >= 4 is 53.4 Å². The van der Waals surface area contributed by atoms with Gasteiger partial charge in [0.05, 0.1) is 12.5 Å². The molecular weight excluding hydrogens is 686 g/mol. The van der Waals surface area contributed by atoms with E-state index in [1.807, 2.05) is 13.0 Å². The molecule has 0 aliphatic carbocycles. The Kier molecular flexibility index (Phi) is 12.8. The van der Waals surface area contributed by atoms with Crippen LogP contribution in [-0.4, -0.2) is 93.6 Å². The minimum Gasteiger partial charge on any atom is -0.481 e. The highest BCUT2D eigenvalue weighted by molar-refractivity contribution is 6.03. The number of fused-ring (bicyclic) bond motifs is 2. The van der Waals surface area contributed by atoms with E-state index in [4.69, 9.17) is 0 Å². The zero-order valence-electron chi connectivity index (χ0n) is 30.5. The van der Waals surface area contributed by atoms with Gasteiger partial charge in [-0.1, -0.05) is 62.7 Å². The van der Waals surface area contributed by atoms with Gasteiger partial charge in [-0.25, -0.2) is 0 Å². The fraction of sp³-hybridized carbons (Fsp3) is 0.474. The summed E-state index contributed by atoms with van der Waals surface area (Å²) in [5.74, 6) is -5.58. The lowest BCUT2D eigenvalue weighted by Gasteiger charge is -2.41. The zero-order chi connectivity index (χ0) is 39.2. The topological polar surface area (TPSA) is 220 Å². The van der Waals surface area contributed by atoms with Gasteiger partial charge in [-0.2, -0.15) is 0 Å². The van der Waals surface area contributed by atoms with Crippen molar-refractivity contribution in [2.45, 2.75) is 103 Å². The number of carbonyl (C=O) groups is 8. The van der Waals surface area contributed by atoms with Crippen LogP contribution in [0.2, 0.25) is 0 Å². The Balaban J connectivity index is 1.63. The van der Waals surface area contributed by atoms with Crippen LogP contribution in [0.4, 0.5) is 5.69 Å². The molecule has 2 aliphatic heterocycles. The van der Waals surface area contributed by atoms with Crippen LogP contribution in [0.5, 0.6) is 0 Å². The number of amides is 5. The van der Waals surface area contributed by atoms with Gasteiger partial charge in [0.2, 0.25) is 29.5 Å². The Bertz CT molecular complexity index is 1790. The Hall–Kier alpha value is -5.60. The highest BCUT2D eigenvalue weighted by atomic mass is 16.4. The normalized spacial score (nSPS) is 18.1. The van der Waals surface area contributed by atoms with Gasteiger partial charge in [0.25, 0.3) is 0 Å². The predicted molar refractivity (Wildman–Crippen MR) is 191 cm³/mol. The first kappa shape index (κ1) is 40.2. The van der Waals surface area contributed by atoms with Gasteiger partial charge in [0, 0.05) is 32.0 Å².